The van der Waals surface area contributed by atoms with Gasteiger partial charge in [-0.25, -0.2) is 0 Å². The fourth-order valence-corrected chi connectivity index (χ4v) is 2.11. The molecule has 0 heterocycles. The van der Waals surface area contributed by atoms with Crippen molar-refractivity contribution in [1.82, 2.24) is 0 Å². The third-order valence-electron chi connectivity index (χ3n) is 3.36. The summed E-state index contributed by atoms with van der Waals surface area (Å²) in [4.78, 5) is 0. The molecular weight excluding hydrogens is 184 g/mol. The Balaban J connectivity index is 2.05. The average molecular weight is 212 g/mol. The molecule has 90 valence electrons. The Morgan fingerprint density at radius 1 is 1.07 bits per heavy atom. The standard InChI is InChI=1S/C14H28O/c1-13(2,3)7-8-15-10-11-9-12(11)14(4,5)6/h11-12H,7-10H2,1-6H3/t11-,12-/m1/s1. The van der Waals surface area contributed by atoms with E-state index < -0.39 is 0 Å². The molecule has 0 aliphatic heterocycles. The zero-order valence-corrected chi connectivity index (χ0v) is 11.4. The van der Waals surface area contributed by atoms with Crippen LogP contribution >= 0.6 is 0 Å². The zero-order valence-electron chi connectivity index (χ0n) is 11.4. The largest absolute Gasteiger partial charge is 0.381 e. The number of rotatable bonds is 4. The summed E-state index contributed by atoms with van der Waals surface area (Å²) >= 11 is 0. The van der Waals surface area contributed by atoms with Crippen molar-refractivity contribution in [1.29, 1.82) is 0 Å². The molecule has 1 nitrogen and oxygen atoms in total. The van der Waals surface area contributed by atoms with Crippen molar-refractivity contribution >= 4 is 0 Å². The van der Waals surface area contributed by atoms with Crippen LogP contribution in [0.3, 0.4) is 0 Å². The summed E-state index contributed by atoms with van der Waals surface area (Å²) < 4.78 is 5.76. The molecule has 0 aromatic carbocycles. The molecule has 1 saturated carbocycles. The Kier molecular flexibility index (Phi) is 3.86. The van der Waals surface area contributed by atoms with Crippen LogP contribution in [0.25, 0.3) is 0 Å². The summed E-state index contributed by atoms with van der Waals surface area (Å²) in [6.45, 7) is 15.7. The monoisotopic (exact) mass is 212 g/mol. The van der Waals surface area contributed by atoms with Crippen molar-refractivity contribution in [3.05, 3.63) is 0 Å². The third-order valence-corrected chi connectivity index (χ3v) is 3.36. The van der Waals surface area contributed by atoms with Crippen molar-refractivity contribution in [2.45, 2.75) is 54.4 Å². The van der Waals surface area contributed by atoms with Crippen molar-refractivity contribution in [3.8, 4) is 0 Å². The van der Waals surface area contributed by atoms with E-state index in [0.29, 0.717) is 10.8 Å². The zero-order chi connectivity index (χ0) is 11.7. The van der Waals surface area contributed by atoms with Gasteiger partial charge in [0.05, 0.1) is 0 Å². The maximum absolute atomic E-state index is 5.76. The summed E-state index contributed by atoms with van der Waals surface area (Å²) in [6, 6.07) is 0. The van der Waals surface area contributed by atoms with Gasteiger partial charge in [0.2, 0.25) is 0 Å². The highest BCUT2D eigenvalue weighted by atomic mass is 16.5. The number of hydrogen-bond donors (Lipinski definition) is 0. The van der Waals surface area contributed by atoms with Crippen molar-refractivity contribution in [2.24, 2.45) is 22.7 Å². The molecule has 0 spiro atoms. The molecule has 0 unspecified atom stereocenters. The summed E-state index contributed by atoms with van der Waals surface area (Å²) in [7, 11) is 0. The SMILES string of the molecule is CC(C)(C)CCOC[C@H]1C[C@H]1C(C)(C)C. The Morgan fingerprint density at radius 3 is 2.07 bits per heavy atom. The van der Waals surface area contributed by atoms with E-state index in [2.05, 4.69) is 41.5 Å². The van der Waals surface area contributed by atoms with E-state index >= 15 is 0 Å². The minimum atomic E-state index is 0.410. The van der Waals surface area contributed by atoms with Gasteiger partial charge in [-0.15, -0.1) is 0 Å². The summed E-state index contributed by atoms with van der Waals surface area (Å²) in [5, 5.41) is 0. The van der Waals surface area contributed by atoms with Crippen LogP contribution in [0, 0.1) is 22.7 Å². The van der Waals surface area contributed by atoms with Gasteiger partial charge in [0, 0.05) is 13.2 Å². The summed E-state index contributed by atoms with van der Waals surface area (Å²) in [5.74, 6) is 1.73. The lowest BCUT2D eigenvalue weighted by Gasteiger charge is -2.19. The Labute approximate surface area is 95.6 Å². The van der Waals surface area contributed by atoms with Gasteiger partial charge in [-0.2, -0.15) is 0 Å². The highest BCUT2D eigenvalue weighted by molar-refractivity contribution is 4.93. The third kappa shape index (κ3) is 5.01. The predicted molar refractivity (Wildman–Crippen MR) is 65.9 cm³/mol. The molecule has 1 heteroatoms. The molecule has 0 amide bonds. The van der Waals surface area contributed by atoms with Gasteiger partial charge in [0.1, 0.15) is 0 Å². The minimum Gasteiger partial charge on any atom is -0.381 e. The smallest absolute Gasteiger partial charge is 0.0497 e. The molecule has 1 aliphatic rings. The van der Waals surface area contributed by atoms with E-state index in [0.717, 1.165) is 25.0 Å². The fourth-order valence-electron chi connectivity index (χ4n) is 2.11. The first-order valence-electron chi connectivity index (χ1n) is 6.28. The molecule has 1 fully saturated rings. The van der Waals surface area contributed by atoms with Gasteiger partial charge in [0.25, 0.3) is 0 Å². The van der Waals surface area contributed by atoms with Crippen molar-refractivity contribution in [2.75, 3.05) is 13.2 Å². The van der Waals surface area contributed by atoms with E-state index in [1.807, 2.05) is 0 Å². The fraction of sp³-hybridized carbons (Fsp3) is 1.00. The predicted octanol–water partition coefficient (Wildman–Crippen LogP) is 4.12. The molecule has 1 aliphatic carbocycles. The highest BCUT2D eigenvalue weighted by Crippen LogP contribution is 2.50. The minimum absolute atomic E-state index is 0.410. The van der Waals surface area contributed by atoms with Gasteiger partial charge in [0.15, 0.2) is 0 Å². The molecule has 2 atom stereocenters. The molecule has 15 heavy (non-hydrogen) atoms. The maximum Gasteiger partial charge on any atom is 0.0497 e. The first kappa shape index (κ1) is 13.0. The average Bonchev–Trinajstić information content (AvgIpc) is 2.73. The van der Waals surface area contributed by atoms with Gasteiger partial charge >= 0.3 is 0 Å². The molecular formula is C14H28O. The molecule has 0 radical (unpaired) electrons. The Bertz CT molecular complexity index is 194. The Morgan fingerprint density at radius 2 is 1.67 bits per heavy atom. The molecule has 1 rings (SSSR count). The lowest BCUT2D eigenvalue weighted by Crippen LogP contribution is -2.13. The van der Waals surface area contributed by atoms with Crippen LogP contribution in [0.2, 0.25) is 0 Å². The van der Waals surface area contributed by atoms with Crippen LogP contribution in [-0.4, -0.2) is 13.2 Å². The van der Waals surface area contributed by atoms with Crippen molar-refractivity contribution in [3.63, 3.8) is 0 Å². The van der Waals surface area contributed by atoms with Crippen LogP contribution < -0.4 is 0 Å². The Hall–Kier alpha value is -0.0400. The quantitative estimate of drug-likeness (QED) is 0.637. The first-order valence-corrected chi connectivity index (χ1v) is 6.28. The lowest BCUT2D eigenvalue weighted by atomic mass is 9.89. The van der Waals surface area contributed by atoms with Gasteiger partial charge in [-0.1, -0.05) is 41.5 Å². The topological polar surface area (TPSA) is 9.23 Å². The van der Waals surface area contributed by atoms with Crippen molar-refractivity contribution < 1.29 is 4.74 Å². The molecule has 0 N–H and O–H groups in total. The van der Waals surface area contributed by atoms with E-state index in [1.54, 1.807) is 0 Å². The van der Waals surface area contributed by atoms with Crippen LogP contribution in [0.5, 0.6) is 0 Å². The lowest BCUT2D eigenvalue weighted by molar-refractivity contribution is 0.0924. The highest BCUT2D eigenvalue weighted by Gasteiger charge is 2.44. The number of hydrogen-bond acceptors (Lipinski definition) is 1. The molecule has 0 saturated heterocycles. The second kappa shape index (κ2) is 4.45. The second-order valence-electron chi connectivity index (χ2n) is 7.35. The van der Waals surface area contributed by atoms with E-state index in [4.69, 9.17) is 4.74 Å². The molecule has 0 bridgehead atoms. The van der Waals surface area contributed by atoms with E-state index in [-0.39, 0.29) is 0 Å². The molecule has 0 aromatic heterocycles. The van der Waals surface area contributed by atoms with E-state index in [1.165, 1.54) is 12.8 Å². The van der Waals surface area contributed by atoms with E-state index in [9.17, 15) is 0 Å². The van der Waals surface area contributed by atoms with Crippen LogP contribution in [0.1, 0.15) is 54.4 Å². The van der Waals surface area contributed by atoms with Crippen LogP contribution in [0.15, 0.2) is 0 Å². The normalized spacial score (nSPS) is 26.8. The second-order valence-corrected chi connectivity index (χ2v) is 7.35. The van der Waals surface area contributed by atoms with Crippen LogP contribution in [0.4, 0.5) is 0 Å². The summed E-state index contributed by atoms with van der Waals surface area (Å²) in [6.07, 6.45) is 2.54. The number of ether oxygens (including phenoxy) is 1. The van der Waals surface area contributed by atoms with Crippen LogP contribution in [-0.2, 0) is 4.74 Å². The van der Waals surface area contributed by atoms with Gasteiger partial charge in [-0.05, 0) is 35.5 Å². The summed E-state index contributed by atoms with van der Waals surface area (Å²) in [5.41, 5.74) is 0.894. The van der Waals surface area contributed by atoms with Gasteiger partial charge < -0.3 is 4.74 Å². The maximum atomic E-state index is 5.76. The molecule has 0 aromatic rings. The van der Waals surface area contributed by atoms with Gasteiger partial charge in [-0.3, -0.25) is 0 Å². The first-order chi connectivity index (χ1) is 6.70.